The highest BCUT2D eigenvalue weighted by Crippen LogP contribution is 2.58. The number of aryl methyl sites for hydroxylation is 1. The minimum atomic E-state index is -0.676. The third kappa shape index (κ3) is 5.10. The smallest absolute Gasteiger partial charge is 0.311 e. The number of aromatic nitrogens is 1. The molecule has 4 aliphatic rings. The molecule has 0 spiro atoms. The molecule has 1 unspecified atom stereocenters. The zero-order valence-corrected chi connectivity index (χ0v) is 23.8. The van der Waals surface area contributed by atoms with Gasteiger partial charge in [-0.2, -0.15) is 0 Å². The first-order valence-electron chi connectivity index (χ1n) is 15.1. The van der Waals surface area contributed by atoms with Crippen LogP contribution in [0.2, 0.25) is 0 Å². The first-order valence-corrected chi connectivity index (χ1v) is 15.1. The van der Waals surface area contributed by atoms with E-state index in [2.05, 4.69) is 47.1 Å². The van der Waals surface area contributed by atoms with Crippen LogP contribution in [0.1, 0.15) is 41.5 Å². The van der Waals surface area contributed by atoms with E-state index >= 15 is 0 Å². The normalized spacial score (nSPS) is 24.4. The maximum absolute atomic E-state index is 11.8. The van der Waals surface area contributed by atoms with E-state index < -0.39 is 11.4 Å². The summed E-state index contributed by atoms with van der Waals surface area (Å²) in [5, 5.41) is 9.71. The van der Waals surface area contributed by atoms with Crippen molar-refractivity contribution in [1.82, 2.24) is 9.88 Å². The highest BCUT2D eigenvalue weighted by molar-refractivity contribution is 5.81. The second-order valence-corrected chi connectivity index (χ2v) is 12.3. The number of carboxylic acids is 1. The zero-order valence-electron chi connectivity index (χ0n) is 23.8. The third-order valence-electron chi connectivity index (χ3n) is 9.82. The van der Waals surface area contributed by atoms with Gasteiger partial charge in [0, 0.05) is 51.0 Å². The summed E-state index contributed by atoms with van der Waals surface area (Å²) in [6.07, 6.45) is 5.25. The fraction of sp³-hybridized carbons (Fsp3) is 0.471. The lowest BCUT2D eigenvalue weighted by Crippen LogP contribution is -2.40. The van der Waals surface area contributed by atoms with Crippen LogP contribution < -0.4 is 9.64 Å². The Labute approximate surface area is 242 Å². The summed E-state index contributed by atoms with van der Waals surface area (Å²) in [6, 6.07) is 19.7. The van der Waals surface area contributed by atoms with E-state index in [9.17, 15) is 9.90 Å². The number of ether oxygens (including phenoxy) is 2. The van der Waals surface area contributed by atoms with Crippen LogP contribution in [0.25, 0.3) is 11.3 Å². The lowest BCUT2D eigenvalue weighted by atomic mass is 10.0. The Bertz CT molecular complexity index is 1450. The fourth-order valence-corrected chi connectivity index (χ4v) is 7.24. The van der Waals surface area contributed by atoms with Crippen molar-refractivity contribution in [1.29, 1.82) is 0 Å². The lowest BCUT2D eigenvalue weighted by molar-refractivity contribution is -0.143. The van der Waals surface area contributed by atoms with Crippen LogP contribution in [0.5, 0.6) is 5.75 Å². The number of para-hydroxylation sites is 1. The number of rotatable bonds is 7. The molecule has 7 heteroatoms. The van der Waals surface area contributed by atoms with Crippen LogP contribution in [-0.4, -0.2) is 66.4 Å². The van der Waals surface area contributed by atoms with Gasteiger partial charge in [0.05, 0.1) is 11.1 Å². The molecule has 2 atom stereocenters. The predicted molar refractivity (Wildman–Crippen MR) is 158 cm³/mol. The average molecular weight is 554 g/mol. The summed E-state index contributed by atoms with van der Waals surface area (Å²) in [5.74, 6) is 1.24. The summed E-state index contributed by atoms with van der Waals surface area (Å²) in [6.45, 7) is 7.88. The van der Waals surface area contributed by atoms with E-state index in [4.69, 9.17) is 14.5 Å². The van der Waals surface area contributed by atoms with Crippen LogP contribution in [0, 0.1) is 18.3 Å². The number of hydrogen-bond acceptors (Lipinski definition) is 6. The molecule has 4 heterocycles. The molecule has 7 rings (SSSR count). The molecule has 214 valence electrons. The Balaban J connectivity index is 1.06. The van der Waals surface area contributed by atoms with Gasteiger partial charge in [-0.3, -0.25) is 9.69 Å². The van der Waals surface area contributed by atoms with Gasteiger partial charge in [0.2, 0.25) is 0 Å². The molecule has 0 radical (unpaired) electrons. The quantitative estimate of drug-likeness (QED) is 0.435. The number of nitrogens with zero attached hydrogens (tertiary/aromatic N) is 3. The van der Waals surface area contributed by atoms with Crippen LogP contribution >= 0.6 is 0 Å². The van der Waals surface area contributed by atoms with Gasteiger partial charge in [-0.05, 0) is 85.4 Å². The van der Waals surface area contributed by atoms with Gasteiger partial charge in [0.1, 0.15) is 18.2 Å². The number of piperidine rings is 1. The molecule has 1 aromatic heterocycles. The van der Waals surface area contributed by atoms with Crippen LogP contribution in [0.15, 0.2) is 54.6 Å². The molecule has 3 fully saturated rings. The number of hydrogen-bond donors (Lipinski definition) is 1. The maximum Gasteiger partial charge on any atom is 0.311 e. The van der Waals surface area contributed by atoms with Gasteiger partial charge < -0.3 is 19.5 Å². The van der Waals surface area contributed by atoms with Crippen molar-refractivity contribution in [3.05, 3.63) is 76.9 Å². The first kappa shape index (κ1) is 26.5. The predicted octanol–water partition coefficient (Wildman–Crippen LogP) is 5.13. The van der Waals surface area contributed by atoms with Crippen LogP contribution in [0.4, 0.5) is 5.82 Å². The largest absolute Gasteiger partial charge is 0.488 e. The Morgan fingerprint density at radius 2 is 1.88 bits per heavy atom. The maximum atomic E-state index is 11.8. The molecular formula is C34H39N3O4. The summed E-state index contributed by atoms with van der Waals surface area (Å²) in [4.78, 5) is 21.6. The number of aliphatic carboxylic acids is 1. The van der Waals surface area contributed by atoms with Crippen molar-refractivity contribution in [2.75, 3.05) is 44.3 Å². The Morgan fingerprint density at radius 1 is 1.07 bits per heavy atom. The molecule has 1 aliphatic carbocycles. The molecule has 0 amide bonds. The molecule has 41 heavy (non-hydrogen) atoms. The molecule has 1 saturated carbocycles. The molecule has 1 N–H and O–H groups in total. The Kier molecular flexibility index (Phi) is 6.95. The van der Waals surface area contributed by atoms with Crippen molar-refractivity contribution < 1.29 is 19.4 Å². The molecule has 7 nitrogen and oxygen atoms in total. The highest BCUT2D eigenvalue weighted by Gasteiger charge is 2.65. The highest BCUT2D eigenvalue weighted by atomic mass is 16.5. The first-order chi connectivity index (χ1) is 20.0. The van der Waals surface area contributed by atoms with Crippen molar-refractivity contribution >= 4 is 11.8 Å². The standard InChI is InChI=1S/C34H39N3O4/c1-23-4-2-5-29(30-6-3-7-31(35-30)37-20-27-19-34(27,22-37)33(38)39)32(23)41-21-24-8-9-25-10-14-36(15-11-26(25)18-24)28-12-16-40-17-13-28/h2-9,18,27-28H,10-17,19-22H2,1H3,(H,38,39)/t27?,34-/m0/s1. The van der Waals surface area contributed by atoms with E-state index in [1.54, 1.807) is 0 Å². The van der Waals surface area contributed by atoms with Crippen molar-refractivity contribution in [2.24, 2.45) is 11.3 Å². The average Bonchev–Trinajstić information content (AvgIpc) is 3.65. The molecule has 3 aliphatic heterocycles. The monoisotopic (exact) mass is 553 g/mol. The lowest BCUT2D eigenvalue weighted by Gasteiger charge is -2.33. The van der Waals surface area contributed by atoms with Crippen molar-refractivity contribution in [2.45, 2.75) is 51.7 Å². The van der Waals surface area contributed by atoms with Crippen LogP contribution in [0.3, 0.4) is 0 Å². The summed E-state index contributed by atoms with van der Waals surface area (Å²) < 4.78 is 12.1. The minimum Gasteiger partial charge on any atom is -0.488 e. The van der Waals surface area contributed by atoms with Gasteiger partial charge in [-0.1, -0.05) is 36.4 Å². The topological polar surface area (TPSA) is 75.1 Å². The molecule has 2 aromatic carbocycles. The Morgan fingerprint density at radius 3 is 2.68 bits per heavy atom. The van der Waals surface area contributed by atoms with E-state index in [-0.39, 0.29) is 5.92 Å². The van der Waals surface area contributed by atoms with Crippen LogP contribution in [-0.2, 0) is 29.0 Å². The van der Waals surface area contributed by atoms with Gasteiger partial charge in [0.15, 0.2) is 0 Å². The molecular weight excluding hydrogens is 514 g/mol. The van der Waals surface area contributed by atoms with Gasteiger partial charge in [-0.15, -0.1) is 0 Å². The number of anilines is 1. The molecule has 0 bridgehead atoms. The van der Waals surface area contributed by atoms with Crippen molar-refractivity contribution in [3.8, 4) is 17.0 Å². The number of fused-ring (bicyclic) bond motifs is 2. The number of pyridine rings is 1. The second-order valence-electron chi connectivity index (χ2n) is 12.3. The fourth-order valence-electron chi connectivity index (χ4n) is 7.24. The van der Waals surface area contributed by atoms with Crippen molar-refractivity contribution in [3.63, 3.8) is 0 Å². The number of benzene rings is 2. The summed E-state index contributed by atoms with van der Waals surface area (Å²) >= 11 is 0. The zero-order chi connectivity index (χ0) is 28.0. The number of carboxylic acid groups (broad SMARTS) is 1. The molecule has 2 saturated heterocycles. The van der Waals surface area contributed by atoms with E-state index in [0.717, 1.165) is 93.3 Å². The van der Waals surface area contributed by atoms with E-state index in [1.165, 1.54) is 16.7 Å². The third-order valence-corrected chi connectivity index (χ3v) is 9.82. The van der Waals surface area contributed by atoms with Gasteiger partial charge >= 0.3 is 5.97 Å². The second kappa shape index (κ2) is 10.8. The van der Waals surface area contributed by atoms with E-state index in [1.807, 2.05) is 24.3 Å². The van der Waals surface area contributed by atoms with Gasteiger partial charge in [-0.25, -0.2) is 4.98 Å². The summed E-state index contributed by atoms with van der Waals surface area (Å²) in [5.41, 5.74) is 6.41. The van der Waals surface area contributed by atoms with Gasteiger partial charge in [0.25, 0.3) is 0 Å². The van der Waals surface area contributed by atoms with E-state index in [0.29, 0.717) is 19.2 Å². The molecule has 3 aromatic rings. The Hall–Kier alpha value is -3.42. The minimum absolute atomic E-state index is 0.231. The number of carbonyl (C=O) groups is 1. The SMILES string of the molecule is Cc1cccc(-c2cccc(N3CC4C[C@]4(C(=O)O)C3)n2)c1OCc1ccc2c(c1)CCN(C1CCOCC1)CC2. The summed E-state index contributed by atoms with van der Waals surface area (Å²) in [7, 11) is 0.